The molecule has 2 rings (SSSR count). The van der Waals surface area contributed by atoms with Crippen molar-refractivity contribution < 1.29 is 0 Å². The fourth-order valence-electron chi connectivity index (χ4n) is 1.77. The highest BCUT2D eigenvalue weighted by Gasteiger charge is 2.20. The van der Waals surface area contributed by atoms with Gasteiger partial charge in [-0.15, -0.1) is 0 Å². The second-order valence-corrected chi connectivity index (χ2v) is 3.09. The third-order valence-electron chi connectivity index (χ3n) is 2.41. The number of nitrogens with one attached hydrogen (secondary N) is 1. The summed E-state index contributed by atoms with van der Waals surface area (Å²) in [5, 5.41) is 3.40. The van der Waals surface area contributed by atoms with Gasteiger partial charge in [0.25, 0.3) is 0 Å². The van der Waals surface area contributed by atoms with E-state index in [0.717, 1.165) is 11.8 Å². The summed E-state index contributed by atoms with van der Waals surface area (Å²) in [5.41, 5.74) is 0. The van der Waals surface area contributed by atoms with Crippen molar-refractivity contribution in [1.82, 2.24) is 5.32 Å². The lowest BCUT2D eigenvalue weighted by Gasteiger charge is -2.29. The minimum atomic E-state index is 0.777. The number of rotatable bonds is 0. The molecule has 10 heavy (non-hydrogen) atoms. The maximum Gasteiger partial charge on any atom is 0.00200 e. The molecule has 0 bridgehead atoms. The van der Waals surface area contributed by atoms with Crippen LogP contribution in [0.2, 0.25) is 0 Å². The molecule has 1 heterocycles. The molecule has 1 nitrogen and oxygen atoms in total. The van der Waals surface area contributed by atoms with Crippen LogP contribution in [0.15, 0.2) is 24.3 Å². The third kappa shape index (κ3) is 1.01. The second-order valence-electron chi connectivity index (χ2n) is 3.09. The zero-order valence-electron chi connectivity index (χ0n) is 6.09. The fourth-order valence-corrected chi connectivity index (χ4v) is 1.77. The Morgan fingerprint density at radius 3 is 2.70 bits per heavy atom. The first-order valence-electron chi connectivity index (χ1n) is 4.02. The summed E-state index contributed by atoms with van der Waals surface area (Å²) in [4.78, 5) is 0. The van der Waals surface area contributed by atoms with Crippen molar-refractivity contribution in [2.24, 2.45) is 11.8 Å². The molecule has 1 heteroatoms. The predicted octanol–water partition coefficient (Wildman–Crippen LogP) is 1.34. The highest BCUT2D eigenvalue weighted by molar-refractivity contribution is 5.15. The van der Waals surface area contributed by atoms with Crippen molar-refractivity contribution in [3.63, 3.8) is 0 Å². The van der Waals surface area contributed by atoms with Gasteiger partial charge in [-0.1, -0.05) is 24.3 Å². The fraction of sp³-hybridized carbons (Fsp3) is 0.556. The van der Waals surface area contributed by atoms with Crippen LogP contribution in [0.25, 0.3) is 0 Å². The van der Waals surface area contributed by atoms with Gasteiger partial charge in [-0.25, -0.2) is 0 Å². The average molecular weight is 135 g/mol. The molecule has 0 radical (unpaired) electrons. The lowest BCUT2D eigenvalue weighted by atomic mass is 9.84. The molecule has 0 saturated carbocycles. The first kappa shape index (κ1) is 6.17. The van der Waals surface area contributed by atoms with Gasteiger partial charge in [0.05, 0.1) is 0 Å². The Balaban J connectivity index is 2.09. The van der Waals surface area contributed by atoms with Gasteiger partial charge in [-0.2, -0.15) is 0 Å². The van der Waals surface area contributed by atoms with Gasteiger partial charge in [-0.05, 0) is 24.8 Å². The molecule has 0 spiro atoms. The SMILES string of the molecule is C1=CC2CCNCC2C=C1. The Labute approximate surface area is 61.8 Å². The van der Waals surface area contributed by atoms with Crippen LogP contribution >= 0.6 is 0 Å². The summed E-state index contributed by atoms with van der Waals surface area (Å²) in [5.74, 6) is 1.60. The summed E-state index contributed by atoms with van der Waals surface area (Å²) >= 11 is 0. The van der Waals surface area contributed by atoms with Gasteiger partial charge in [0.15, 0.2) is 0 Å². The topological polar surface area (TPSA) is 12.0 Å². The van der Waals surface area contributed by atoms with Crippen LogP contribution < -0.4 is 5.32 Å². The van der Waals surface area contributed by atoms with Gasteiger partial charge in [0, 0.05) is 6.54 Å². The molecule has 0 aromatic carbocycles. The Bertz CT molecular complexity index is 150. The van der Waals surface area contributed by atoms with Gasteiger partial charge in [0.1, 0.15) is 0 Å². The first-order chi connectivity index (χ1) is 4.97. The van der Waals surface area contributed by atoms with Crippen molar-refractivity contribution in [2.75, 3.05) is 13.1 Å². The standard InChI is InChI=1S/C9H13N/c1-2-4-9-7-10-6-5-8(9)3-1/h1-4,8-10H,5-7H2. The molecule has 0 aromatic heterocycles. The predicted molar refractivity (Wildman–Crippen MR) is 42.7 cm³/mol. The smallest absolute Gasteiger partial charge is 0.00200 e. The van der Waals surface area contributed by atoms with Crippen molar-refractivity contribution in [2.45, 2.75) is 6.42 Å². The highest BCUT2D eigenvalue weighted by atomic mass is 14.9. The van der Waals surface area contributed by atoms with Gasteiger partial charge in [-0.3, -0.25) is 0 Å². The quantitative estimate of drug-likeness (QED) is 0.528. The van der Waals surface area contributed by atoms with Crippen LogP contribution in [0.4, 0.5) is 0 Å². The summed E-state index contributed by atoms with van der Waals surface area (Å²) in [6, 6.07) is 0. The van der Waals surface area contributed by atoms with Crippen LogP contribution in [0.3, 0.4) is 0 Å². The number of allylic oxidation sites excluding steroid dienone is 3. The molecular formula is C9H13N. The Morgan fingerprint density at radius 1 is 1.10 bits per heavy atom. The van der Waals surface area contributed by atoms with Gasteiger partial charge >= 0.3 is 0 Å². The Morgan fingerprint density at radius 2 is 1.90 bits per heavy atom. The summed E-state index contributed by atoms with van der Waals surface area (Å²) < 4.78 is 0. The molecular weight excluding hydrogens is 122 g/mol. The summed E-state index contributed by atoms with van der Waals surface area (Å²) in [6.07, 6.45) is 10.3. The molecule has 0 amide bonds. The molecule has 1 saturated heterocycles. The van der Waals surface area contributed by atoms with Gasteiger partial charge in [0.2, 0.25) is 0 Å². The molecule has 1 aliphatic heterocycles. The minimum absolute atomic E-state index is 0.777. The minimum Gasteiger partial charge on any atom is -0.316 e. The Kier molecular flexibility index (Phi) is 1.60. The van der Waals surface area contributed by atoms with Crippen molar-refractivity contribution in [3.05, 3.63) is 24.3 Å². The Hall–Kier alpha value is -0.560. The molecule has 54 valence electrons. The molecule has 1 N–H and O–H groups in total. The number of hydrogen-bond donors (Lipinski definition) is 1. The molecule has 1 aliphatic carbocycles. The van der Waals surface area contributed by atoms with E-state index in [1.54, 1.807) is 0 Å². The van der Waals surface area contributed by atoms with Crippen molar-refractivity contribution in [3.8, 4) is 0 Å². The largest absolute Gasteiger partial charge is 0.316 e. The average Bonchev–Trinajstić information content (AvgIpc) is 2.05. The maximum absolute atomic E-state index is 3.40. The van der Waals surface area contributed by atoms with Crippen LogP contribution in [0.1, 0.15) is 6.42 Å². The number of hydrogen-bond acceptors (Lipinski definition) is 1. The van der Waals surface area contributed by atoms with Gasteiger partial charge < -0.3 is 5.32 Å². The van der Waals surface area contributed by atoms with E-state index in [1.807, 2.05) is 0 Å². The van der Waals surface area contributed by atoms with Crippen molar-refractivity contribution in [1.29, 1.82) is 0 Å². The van der Waals surface area contributed by atoms with E-state index in [9.17, 15) is 0 Å². The maximum atomic E-state index is 3.40. The van der Waals surface area contributed by atoms with E-state index < -0.39 is 0 Å². The number of fused-ring (bicyclic) bond motifs is 1. The zero-order chi connectivity index (χ0) is 6.81. The van der Waals surface area contributed by atoms with Crippen LogP contribution in [0.5, 0.6) is 0 Å². The normalized spacial score (nSPS) is 37.6. The molecule has 2 atom stereocenters. The monoisotopic (exact) mass is 135 g/mol. The van der Waals surface area contributed by atoms with Crippen LogP contribution in [0, 0.1) is 11.8 Å². The lowest BCUT2D eigenvalue weighted by molar-refractivity contribution is 0.353. The van der Waals surface area contributed by atoms with E-state index in [1.165, 1.54) is 19.5 Å². The molecule has 2 unspecified atom stereocenters. The highest BCUT2D eigenvalue weighted by Crippen LogP contribution is 2.24. The van der Waals surface area contributed by atoms with Crippen LogP contribution in [-0.2, 0) is 0 Å². The lowest BCUT2D eigenvalue weighted by Crippen LogP contribution is -2.35. The third-order valence-corrected chi connectivity index (χ3v) is 2.41. The molecule has 1 fully saturated rings. The van der Waals surface area contributed by atoms with Crippen molar-refractivity contribution >= 4 is 0 Å². The zero-order valence-corrected chi connectivity index (χ0v) is 6.09. The summed E-state index contributed by atoms with van der Waals surface area (Å²) in [6.45, 7) is 2.37. The van der Waals surface area contributed by atoms with E-state index in [0.29, 0.717) is 0 Å². The summed E-state index contributed by atoms with van der Waals surface area (Å²) in [7, 11) is 0. The molecule has 0 aromatic rings. The van der Waals surface area contributed by atoms with E-state index >= 15 is 0 Å². The molecule has 2 aliphatic rings. The van der Waals surface area contributed by atoms with E-state index in [2.05, 4.69) is 29.6 Å². The van der Waals surface area contributed by atoms with E-state index in [-0.39, 0.29) is 0 Å². The van der Waals surface area contributed by atoms with Crippen LogP contribution in [-0.4, -0.2) is 13.1 Å². The number of piperidine rings is 1. The van der Waals surface area contributed by atoms with E-state index in [4.69, 9.17) is 0 Å². The first-order valence-corrected chi connectivity index (χ1v) is 4.02. The second kappa shape index (κ2) is 2.59.